The number of aryl methyl sites for hydroxylation is 1. The second kappa shape index (κ2) is 6.10. The number of likely N-dealkylation sites (N-methyl/N-ethyl adjacent to an activating group) is 1. The van der Waals surface area contributed by atoms with Crippen LogP contribution in [0.15, 0.2) is 22.7 Å². The van der Waals surface area contributed by atoms with Gasteiger partial charge in [0, 0.05) is 32.2 Å². The van der Waals surface area contributed by atoms with Crippen LogP contribution < -0.4 is 10.2 Å². The van der Waals surface area contributed by atoms with Crippen LogP contribution in [0.2, 0.25) is 0 Å². The minimum absolute atomic E-state index is 0.249. The van der Waals surface area contributed by atoms with Crippen molar-refractivity contribution in [2.24, 2.45) is 0 Å². The molecule has 0 aliphatic carbocycles. The van der Waals surface area contributed by atoms with Gasteiger partial charge in [0.15, 0.2) is 17.3 Å². The quantitative estimate of drug-likeness (QED) is 0.896. The zero-order valence-corrected chi connectivity index (χ0v) is 12.6. The molecule has 0 saturated carbocycles. The summed E-state index contributed by atoms with van der Waals surface area (Å²) in [5.74, 6) is 1.44. The molecule has 0 spiro atoms. The first-order chi connectivity index (χ1) is 10.6. The first-order valence-corrected chi connectivity index (χ1v) is 7.14. The Balaban J connectivity index is 1.64. The second-order valence-electron chi connectivity index (χ2n) is 5.34. The Bertz CT molecular complexity index is 646. The van der Waals surface area contributed by atoms with Crippen molar-refractivity contribution in [2.75, 3.05) is 43.4 Å². The monoisotopic (exact) mass is 302 g/mol. The van der Waals surface area contributed by atoms with Gasteiger partial charge in [-0.1, -0.05) is 5.16 Å². The summed E-state index contributed by atoms with van der Waals surface area (Å²) in [7, 11) is 2.10. The number of amides is 1. The fraction of sp³-hybridized carbons (Fsp3) is 0.429. The summed E-state index contributed by atoms with van der Waals surface area (Å²) >= 11 is 0. The molecule has 1 aliphatic rings. The largest absolute Gasteiger partial charge is 0.360 e. The molecular formula is C14H18N6O2. The predicted octanol–water partition coefficient (Wildman–Crippen LogP) is 0.777. The zero-order chi connectivity index (χ0) is 15.5. The number of nitrogens with zero attached hydrogens (tertiary/aromatic N) is 5. The van der Waals surface area contributed by atoms with Crippen LogP contribution in [0.5, 0.6) is 0 Å². The lowest BCUT2D eigenvalue weighted by atomic mass is 10.3. The number of anilines is 2. The topological polar surface area (TPSA) is 87.4 Å². The van der Waals surface area contributed by atoms with Crippen LogP contribution >= 0.6 is 0 Å². The Hall–Kier alpha value is -2.48. The normalized spacial score (nSPS) is 15.8. The van der Waals surface area contributed by atoms with E-state index in [-0.39, 0.29) is 11.6 Å². The number of hydrogen-bond acceptors (Lipinski definition) is 7. The maximum Gasteiger partial charge on any atom is 0.277 e. The van der Waals surface area contributed by atoms with E-state index >= 15 is 0 Å². The Kier molecular flexibility index (Phi) is 4.01. The fourth-order valence-electron chi connectivity index (χ4n) is 2.26. The van der Waals surface area contributed by atoms with E-state index in [0.29, 0.717) is 11.6 Å². The van der Waals surface area contributed by atoms with E-state index in [4.69, 9.17) is 4.52 Å². The first kappa shape index (κ1) is 14.5. The average Bonchev–Trinajstić information content (AvgIpc) is 2.93. The molecule has 1 aliphatic heterocycles. The fourth-order valence-corrected chi connectivity index (χ4v) is 2.26. The smallest absolute Gasteiger partial charge is 0.277 e. The Morgan fingerprint density at radius 2 is 2.00 bits per heavy atom. The molecule has 1 saturated heterocycles. The first-order valence-electron chi connectivity index (χ1n) is 7.14. The molecule has 0 aromatic carbocycles. The van der Waals surface area contributed by atoms with Gasteiger partial charge in [0.25, 0.3) is 5.91 Å². The number of aromatic nitrogens is 3. The van der Waals surface area contributed by atoms with E-state index in [1.807, 2.05) is 6.07 Å². The SMILES string of the molecule is Cc1cc(NC(=O)c2ccc(N3CCN(C)CC3)nn2)no1. The number of carbonyl (C=O) groups is 1. The highest BCUT2D eigenvalue weighted by Crippen LogP contribution is 2.13. The Morgan fingerprint density at radius 1 is 1.23 bits per heavy atom. The van der Waals surface area contributed by atoms with Crippen LogP contribution in [0, 0.1) is 6.92 Å². The number of nitrogens with one attached hydrogen (secondary N) is 1. The molecule has 0 unspecified atom stereocenters. The van der Waals surface area contributed by atoms with E-state index in [1.54, 1.807) is 19.1 Å². The summed E-state index contributed by atoms with van der Waals surface area (Å²) in [4.78, 5) is 16.5. The van der Waals surface area contributed by atoms with E-state index in [2.05, 4.69) is 37.5 Å². The molecule has 1 fully saturated rings. The van der Waals surface area contributed by atoms with Crippen molar-refractivity contribution >= 4 is 17.5 Å². The van der Waals surface area contributed by atoms with Crippen molar-refractivity contribution in [1.29, 1.82) is 0 Å². The van der Waals surface area contributed by atoms with Gasteiger partial charge in [-0.15, -0.1) is 10.2 Å². The van der Waals surface area contributed by atoms with Crippen LogP contribution in [0.1, 0.15) is 16.2 Å². The van der Waals surface area contributed by atoms with Crippen LogP contribution in [-0.4, -0.2) is 59.4 Å². The predicted molar refractivity (Wildman–Crippen MR) is 80.9 cm³/mol. The Labute approximate surface area is 128 Å². The highest BCUT2D eigenvalue weighted by atomic mass is 16.5. The van der Waals surface area contributed by atoms with Crippen molar-refractivity contribution in [2.45, 2.75) is 6.92 Å². The maximum absolute atomic E-state index is 12.0. The molecule has 0 radical (unpaired) electrons. The average molecular weight is 302 g/mol. The maximum atomic E-state index is 12.0. The minimum Gasteiger partial charge on any atom is -0.360 e. The molecule has 8 heteroatoms. The molecule has 2 aromatic rings. The zero-order valence-electron chi connectivity index (χ0n) is 12.6. The highest BCUT2D eigenvalue weighted by Gasteiger charge is 2.17. The number of hydrogen-bond donors (Lipinski definition) is 1. The van der Waals surface area contributed by atoms with E-state index in [9.17, 15) is 4.79 Å². The van der Waals surface area contributed by atoms with E-state index in [1.165, 1.54) is 0 Å². The molecule has 8 nitrogen and oxygen atoms in total. The molecule has 1 amide bonds. The van der Waals surface area contributed by atoms with Gasteiger partial charge < -0.3 is 19.6 Å². The molecule has 0 bridgehead atoms. The number of piperazine rings is 1. The molecule has 116 valence electrons. The highest BCUT2D eigenvalue weighted by molar-refractivity contribution is 6.02. The van der Waals surface area contributed by atoms with Crippen molar-refractivity contribution in [1.82, 2.24) is 20.3 Å². The second-order valence-corrected chi connectivity index (χ2v) is 5.34. The molecule has 0 atom stereocenters. The van der Waals surface area contributed by atoms with Gasteiger partial charge in [-0.2, -0.15) is 0 Å². The van der Waals surface area contributed by atoms with Crippen molar-refractivity contribution in [3.05, 3.63) is 29.7 Å². The van der Waals surface area contributed by atoms with Gasteiger partial charge in [-0.05, 0) is 26.1 Å². The number of carbonyl (C=O) groups excluding carboxylic acids is 1. The van der Waals surface area contributed by atoms with Crippen LogP contribution in [0.25, 0.3) is 0 Å². The third kappa shape index (κ3) is 3.22. The standard InChI is InChI=1S/C14H18N6O2/c1-10-9-12(18-22-10)15-14(21)11-3-4-13(17-16-11)20-7-5-19(2)6-8-20/h3-4,9H,5-8H2,1-2H3,(H,15,18,21). The van der Waals surface area contributed by atoms with Crippen molar-refractivity contribution < 1.29 is 9.32 Å². The molecule has 1 N–H and O–H groups in total. The molecule has 22 heavy (non-hydrogen) atoms. The summed E-state index contributed by atoms with van der Waals surface area (Å²) in [6.07, 6.45) is 0. The van der Waals surface area contributed by atoms with Crippen LogP contribution in [-0.2, 0) is 0 Å². The molecule has 2 aromatic heterocycles. The summed E-state index contributed by atoms with van der Waals surface area (Å²) in [6, 6.07) is 5.13. The van der Waals surface area contributed by atoms with Crippen molar-refractivity contribution in [3.63, 3.8) is 0 Å². The summed E-state index contributed by atoms with van der Waals surface area (Å²) in [5.41, 5.74) is 0.249. The van der Waals surface area contributed by atoms with Crippen LogP contribution in [0.4, 0.5) is 11.6 Å². The van der Waals surface area contributed by atoms with Crippen molar-refractivity contribution in [3.8, 4) is 0 Å². The molecule has 3 rings (SSSR count). The minimum atomic E-state index is -0.356. The van der Waals surface area contributed by atoms with E-state index < -0.39 is 0 Å². The van der Waals surface area contributed by atoms with E-state index in [0.717, 1.165) is 32.0 Å². The lowest BCUT2D eigenvalue weighted by Gasteiger charge is -2.32. The summed E-state index contributed by atoms with van der Waals surface area (Å²) in [5, 5.41) is 14.5. The van der Waals surface area contributed by atoms with Gasteiger partial charge in [-0.3, -0.25) is 4.79 Å². The van der Waals surface area contributed by atoms with Crippen LogP contribution in [0.3, 0.4) is 0 Å². The molecule has 3 heterocycles. The third-order valence-corrected chi connectivity index (χ3v) is 3.58. The lowest BCUT2D eigenvalue weighted by Crippen LogP contribution is -2.44. The number of rotatable bonds is 3. The molecular weight excluding hydrogens is 284 g/mol. The lowest BCUT2D eigenvalue weighted by molar-refractivity contribution is 0.102. The van der Waals surface area contributed by atoms with Gasteiger partial charge in [-0.25, -0.2) is 0 Å². The third-order valence-electron chi connectivity index (χ3n) is 3.58. The van der Waals surface area contributed by atoms with Gasteiger partial charge >= 0.3 is 0 Å². The van der Waals surface area contributed by atoms with Gasteiger partial charge in [0.2, 0.25) is 0 Å². The van der Waals surface area contributed by atoms with Gasteiger partial charge in [0.1, 0.15) is 5.76 Å². The van der Waals surface area contributed by atoms with Gasteiger partial charge in [0.05, 0.1) is 0 Å². The summed E-state index contributed by atoms with van der Waals surface area (Å²) < 4.78 is 4.90. The summed E-state index contributed by atoms with van der Waals surface area (Å²) in [6.45, 7) is 5.57. The Morgan fingerprint density at radius 3 is 2.59 bits per heavy atom.